The lowest BCUT2D eigenvalue weighted by molar-refractivity contribution is -0.120. The minimum atomic E-state index is 0.136. The predicted molar refractivity (Wildman–Crippen MR) is 67.2 cm³/mol. The van der Waals surface area contributed by atoms with Gasteiger partial charge in [0, 0.05) is 16.0 Å². The molecule has 1 fully saturated rings. The molecule has 86 valence electrons. The molecule has 1 aromatic rings. The molecule has 0 bridgehead atoms. The Kier molecular flexibility index (Phi) is 3.27. The third-order valence-electron chi connectivity index (χ3n) is 3.49. The lowest BCUT2D eigenvalue weighted by atomic mass is 9.98. The molecule has 1 aliphatic carbocycles. The molecular formula is C13H14Cl2O. The van der Waals surface area contributed by atoms with Crippen molar-refractivity contribution < 1.29 is 4.79 Å². The Morgan fingerprint density at radius 2 is 2.12 bits per heavy atom. The highest BCUT2D eigenvalue weighted by Crippen LogP contribution is 2.53. The summed E-state index contributed by atoms with van der Waals surface area (Å²) in [5.74, 6) is 1.29. The van der Waals surface area contributed by atoms with Gasteiger partial charge < -0.3 is 0 Å². The van der Waals surface area contributed by atoms with Crippen molar-refractivity contribution in [2.45, 2.75) is 26.2 Å². The highest BCUT2D eigenvalue weighted by Gasteiger charge is 2.44. The van der Waals surface area contributed by atoms with Crippen molar-refractivity contribution in [3.8, 4) is 0 Å². The fraction of sp³-hybridized carbons (Fsp3) is 0.462. The zero-order chi connectivity index (χ0) is 11.9. The summed E-state index contributed by atoms with van der Waals surface area (Å²) in [4.78, 5) is 11.3. The van der Waals surface area contributed by atoms with E-state index in [4.69, 9.17) is 23.2 Å². The fourth-order valence-electron chi connectivity index (χ4n) is 2.23. The van der Waals surface area contributed by atoms with Crippen LogP contribution in [0.3, 0.4) is 0 Å². The minimum absolute atomic E-state index is 0.136. The molecule has 1 aromatic carbocycles. The van der Waals surface area contributed by atoms with Gasteiger partial charge in [0.05, 0.1) is 0 Å². The first-order valence-corrected chi connectivity index (χ1v) is 6.21. The Morgan fingerprint density at radius 3 is 2.69 bits per heavy atom. The van der Waals surface area contributed by atoms with Gasteiger partial charge >= 0.3 is 0 Å². The molecule has 1 saturated carbocycles. The SMILES string of the molecule is CC(=O)[C@H](C)[C@@H]1CC1c1ccc(Cl)cc1Cl. The standard InChI is InChI=1S/C13H14Cl2O/c1-7(8(2)16)11-6-12(11)10-4-3-9(14)5-13(10)15/h3-5,7,11-12H,6H2,1-2H3/t7-,11-,12?/m0/s1. The second kappa shape index (κ2) is 4.38. The summed E-state index contributed by atoms with van der Waals surface area (Å²) in [6, 6.07) is 5.60. The topological polar surface area (TPSA) is 17.1 Å². The molecule has 0 radical (unpaired) electrons. The van der Waals surface area contributed by atoms with E-state index >= 15 is 0 Å². The summed E-state index contributed by atoms with van der Waals surface area (Å²) in [5.41, 5.74) is 1.13. The van der Waals surface area contributed by atoms with E-state index in [2.05, 4.69) is 0 Å². The van der Waals surface area contributed by atoms with Crippen LogP contribution in [0.2, 0.25) is 10.0 Å². The van der Waals surface area contributed by atoms with Crippen molar-refractivity contribution >= 4 is 29.0 Å². The zero-order valence-corrected chi connectivity index (χ0v) is 10.8. The van der Waals surface area contributed by atoms with Crippen molar-refractivity contribution in [3.63, 3.8) is 0 Å². The molecule has 16 heavy (non-hydrogen) atoms. The number of halogens is 2. The van der Waals surface area contributed by atoms with Crippen LogP contribution in [0.5, 0.6) is 0 Å². The van der Waals surface area contributed by atoms with Crippen LogP contribution in [-0.4, -0.2) is 5.78 Å². The first kappa shape index (κ1) is 11.9. The van der Waals surface area contributed by atoms with Crippen molar-refractivity contribution in [2.75, 3.05) is 0 Å². The summed E-state index contributed by atoms with van der Waals surface area (Å²) in [6.07, 6.45) is 1.06. The molecule has 0 spiro atoms. The summed E-state index contributed by atoms with van der Waals surface area (Å²) in [6.45, 7) is 3.65. The van der Waals surface area contributed by atoms with Crippen LogP contribution in [0.25, 0.3) is 0 Å². The summed E-state index contributed by atoms with van der Waals surface area (Å²) in [5, 5.41) is 1.38. The highest BCUT2D eigenvalue weighted by molar-refractivity contribution is 6.35. The number of rotatable bonds is 3. The van der Waals surface area contributed by atoms with Gasteiger partial charge in [0.25, 0.3) is 0 Å². The smallest absolute Gasteiger partial charge is 0.132 e. The number of benzene rings is 1. The van der Waals surface area contributed by atoms with E-state index in [0.29, 0.717) is 16.9 Å². The Hall–Kier alpha value is -0.530. The van der Waals surface area contributed by atoms with Crippen LogP contribution in [0, 0.1) is 11.8 Å². The molecule has 0 amide bonds. The molecule has 0 aromatic heterocycles. The Labute approximate surface area is 106 Å². The maximum atomic E-state index is 11.3. The molecule has 3 atom stereocenters. The molecule has 0 saturated heterocycles. The Balaban J connectivity index is 2.14. The van der Waals surface area contributed by atoms with Crippen molar-refractivity contribution in [1.82, 2.24) is 0 Å². The highest BCUT2D eigenvalue weighted by atomic mass is 35.5. The van der Waals surface area contributed by atoms with Crippen molar-refractivity contribution in [1.29, 1.82) is 0 Å². The molecule has 0 aliphatic heterocycles. The summed E-state index contributed by atoms with van der Waals surface area (Å²) in [7, 11) is 0. The minimum Gasteiger partial charge on any atom is -0.300 e. The normalized spacial score (nSPS) is 25.2. The lowest BCUT2D eigenvalue weighted by Crippen LogP contribution is -2.09. The van der Waals surface area contributed by atoms with E-state index in [1.54, 1.807) is 13.0 Å². The Bertz CT molecular complexity index is 428. The van der Waals surface area contributed by atoms with Crippen LogP contribution >= 0.6 is 23.2 Å². The van der Waals surface area contributed by atoms with E-state index in [1.165, 1.54) is 0 Å². The average Bonchev–Trinajstić information content (AvgIpc) is 2.96. The second-order valence-corrected chi connectivity index (χ2v) is 5.41. The number of carbonyl (C=O) groups excluding carboxylic acids is 1. The van der Waals surface area contributed by atoms with Crippen LogP contribution in [-0.2, 0) is 4.79 Å². The fourth-order valence-corrected chi connectivity index (χ4v) is 2.78. The average molecular weight is 257 g/mol. The summed E-state index contributed by atoms with van der Waals surface area (Å²) < 4.78 is 0. The van der Waals surface area contributed by atoms with Crippen molar-refractivity contribution in [3.05, 3.63) is 33.8 Å². The first-order valence-electron chi connectivity index (χ1n) is 5.46. The molecule has 2 rings (SSSR count). The number of Topliss-reactive ketones (excluding diaryl/α,β-unsaturated/α-hetero) is 1. The maximum absolute atomic E-state index is 11.3. The summed E-state index contributed by atoms with van der Waals surface area (Å²) >= 11 is 12.0. The van der Waals surface area contributed by atoms with Crippen LogP contribution in [0.15, 0.2) is 18.2 Å². The van der Waals surface area contributed by atoms with Gasteiger partial charge in [0.15, 0.2) is 0 Å². The van der Waals surface area contributed by atoms with Crippen LogP contribution in [0.1, 0.15) is 31.7 Å². The second-order valence-electron chi connectivity index (χ2n) is 4.57. The van der Waals surface area contributed by atoms with Gasteiger partial charge in [0.2, 0.25) is 0 Å². The quantitative estimate of drug-likeness (QED) is 0.788. The van der Waals surface area contributed by atoms with Gasteiger partial charge in [0.1, 0.15) is 5.78 Å². The monoisotopic (exact) mass is 256 g/mol. The van der Waals surface area contributed by atoms with E-state index in [9.17, 15) is 4.79 Å². The predicted octanol–water partition coefficient (Wildman–Crippen LogP) is 4.32. The third kappa shape index (κ3) is 2.26. The van der Waals surface area contributed by atoms with Gasteiger partial charge in [-0.3, -0.25) is 4.79 Å². The molecule has 1 aliphatic rings. The maximum Gasteiger partial charge on any atom is 0.132 e. The molecule has 3 heteroatoms. The van der Waals surface area contributed by atoms with Crippen LogP contribution < -0.4 is 0 Å². The van der Waals surface area contributed by atoms with E-state index in [1.807, 2.05) is 19.1 Å². The largest absolute Gasteiger partial charge is 0.300 e. The number of carbonyl (C=O) groups is 1. The van der Waals surface area contributed by atoms with Gasteiger partial charge in [-0.05, 0) is 42.9 Å². The van der Waals surface area contributed by atoms with Crippen molar-refractivity contribution in [2.24, 2.45) is 11.8 Å². The number of ketones is 1. The van der Waals surface area contributed by atoms with E-state index in [-0.39, 0.29) is 11.7 Å². The van der Waals surface area contributed by atoms with Gasteiger partial charge in [-0.25, -0.2) is 0 Å². The van der Waals surface area contributed by atoms with Crippen LogP contribution in [0.4, 0.5) is 0 Å². The van der Waals surface area contributed by atoms with Gasteiger partial charge in [-0.2, -0.15) is 0 Å². The third-order valence-corrected chi connectivity index (χ3v) is 4.05. The molecule has 0 N–H and O–H groups in total. The van der Waals surface area contributed by atoms with E-state index < -0.39 is 0 Å². The molecule has 1 unspecified atom stereocenters. The lowest BCUT2D eigenvalue weighted by Gasteiger charge is -2.08. The van der Waals surface area contributed by atoms with Gasteiger partial charge in [-0.15, -0.1) is 0 Å². The van der Waals surface area contributed by atoms with E-state index in [0.717, 1.165) is 17.0 Å². The first-order chi connectivity index (χ1) is 7.50. The zero-order valence-electron chi connectivity index (χ0n) is 9.34. The Morgan fingerprint density at radius 1 is 1.44 bits per heavy atom. The van der Waals surface area contributed by atoms with Gasteiger partial charge in [-0.1, -0.05) is 36.2 Å². The number of hydrogen-bond donors (Lipinski definition) is 0. The molecule has 1 nitrogen and oxygen atoms in total. The molecular weight excluding hydrogens is 243 g/mol. The molecule has 0 heterocycles. The number of hydrogen-bond acceptors (Lipinski definition) is 1.